The molecule has 106 valence electrons. The van der Waals surface area contributed by atoms with Crippen LogP contribution in [0.1, 0.15) is 27.9 Å². The molecule has 20 heavy (non-hydrogen) atoms. The molecule has 1 aromatic heterocycles. The van der Waals surface area contributed by atoms with Gasteiger partial charge in [0.05, 0.1) is 6.61 Å². The van der Waals surface area contributed by atoms with Crippen molar-refractivity contribution in [1.29, 1.82) is 0 Å². The topological polar surface area (TPSA) is 42.4 Å². The van der Waals surface area contributed by atoms with Crippen molar-refractivity contribution in [1.82, 2.24) is 4.98 Å². The molecule has 0 radical (unpaired) electrons. The van der Waals surface area contributed by atoms with Crippen LogP contribution >= 0.6 is 11.6 Å². The smallest absolute Gasteiger partial charge is 0.225 e. The van der Waals surface area contributed by atoms with Crippen LogP contribution in [0.5, 0.6) is 11.6 Å². The fourth-order valence-electron chi connectivity index (χ4n) is 2.18. The zero-order valence-electron chi connectivity index (χ0n) is 12.1. The first-order valence-corrected chi connectivity index (χ1v) is 6.82. The van der Waals surface area contributed by atoms with E-state index in [2.05, 4.69) is 4.98 Å². The quantitative estimate of drug-likeness (QED) is 0.919. The molecule has 0 saturated heterocycles. The average Bonchev–Trinajstić information content (AvgIpc) is 2.35. The predicted molar refractivity (Wildman–Crippen MR) is 80.6 cm³/mol. The third-order valence-electron chi connectivity index (χ3n) is 3.22. The van der Waals surface area contributed by atoms with E-state index in [9.17, 15) is 5.11 Å². The van der Waals surface area contributed by atoms with E-state index in [0.717, 1.165) is 27.4 Å². The molecule has 0 atom stereocenters. The molecule has 0 aliphatic carbocycles. The Kier molecular flexibility index (Phi) is 4.31. The lowest BCUT2D eigenvalue weighted by atomic mass is 10.1. The van der Waals surface area contributed by atoms with Gasteiger partial charge in [-0.1, -0.05) is 11.6 Å². The van der Waals surface area contributed by atoms with Crippen LogP contribution in [-0.2, 0) is 6.61 Å². The van der Waals surface area contributed by atoms with Crippen LogP contribution in [0.25, 0.3) is 0 Å². The van der Waals surface area contributed by atoms with Gasteiger partial charge in [0, 0.05) is 16.3 Å². The molecular weight excluding hydrogens is 274 g/mol. The Bertz CT molecular complexity index is 630. The van der Waals surface area contributed by atoms with Gasteiger partial charge < -0.3 is 9.84 Å². The highest BCUT2D eigenvalue weighted by Crippen LogP contribution is 2.31. The second-order valence-corrected chi connectivity index (χ2v) is 5.37. The molecule has 0 aliphatic rings. The molecule has 0 aliphatic heterocycles. The lowest BCUT2D eigenvalue weighted by Crippen LogP contribution is -2.00. The van der Waals surface area contributed by atoms with Crippen LogP contribution < -0.4 is 4.74 Å². The van der Waals surface area contributed by atoms with Gasteiger partial charge in [0.25, 0.3) is 0 Å². The summed E-state index contributed by atoms with van der Waals surface area (Å²) in [4.78, 5) is 4.37. The number of ether oxygens (including phenoxy) is 1. The van der Waals surface area contributed by atoms with E-state index in [1.54, 1.807) is 0 Å². The summed E-state index contributed by atoms with van der Waals surface area (Å²) in [5, 5.41) is 10.2. The van der Waals surface area contributed by atoms with Crippen molar-refractivity contribution in [2.24, 2.45) is 0 Å². The summed E-state index contributed by atoms with van der Waals surface area (Å²) < 4.78 is 5.85. The van der Waals surface area contributed by atoms with Crippen LogP contribution in [0.15, 0.2) is 18.2 Å². The van der Waals surface area contributed by atoms with Crippen LogP contribution in [0.2, 0.25) is 5.02 Å². The molecule has 1 aromatic carbocycles. The van der Waals surface area contributed by atoms with Crippen LogP contribution in [0.4, 0.5) is 0 Å². The lowest BCUT2D eigenvalue weighted by molar-refractivity contribution is 0.274. The summed E-state index contributed by atoms with van der Waals surface area (Å²) in [6, 6.07) is 5.67. The first kappa shape index (κ1) is 14.8. The monoisotopic (exact) mass is 291 g/mol. The summed E-state index contributed by atoms with van der Waals surface area (Å²) in [5.74, 6) is 1.13. The molecular formula is C16H18ClNO2. The summed E-state index contributed by atoms with van der Waals surface area (Å²) >= 11 is 6.15. The number of aliphatic hydroxyl groups excluding tert-OH is 1. The van der Waals surface area contributed by atoms with Crippen molar-refractivity contribution in [3.63, 3.8) is 0 Å². The van der Waals surface area contributed by atoms with Gasteiger partial charge in [-0.05, 0) is 62.6 Å². The molecule has 0 amide bonds. The van der Waals surface area contributed by atoms with E-state index < -0.39 is 0 Å². The first-order valence-electron chi connectivity index (χ1n) is 6.45. The van der Waals surface area contributed by atoms with E-state index in [4.69, 9.17) is 16.3 Å². The van der Waals surface area contributed by atoms with Gasteiger partial charge in [-0.2, -0.15) is 0 Å². The van der Waals surface area contributed by atoms with E-state index in [1.165, 1.54) is 0 Å². The summed E-state index contributed by atoms with van der Waals surface area (Å²) in [6.45, 7) is 7.61. The second kappa shape index (κ2) is 5.81. The number of hydrogen-bond donors (Lipinski definition) is 1. The number of aromatic nitrogens is 1. The molecule has 3 nitrogen and oxygen atoms in total. The molecule has 0 spiro atoms. The predicted octanol–water partition coefficient (Wildman–Crippen LogP) is 4.25. The Balaban J connectivity index is 2.44. The fraction of sp³-hybridized carbons (Fsp3) is 0.312. The molecule has 2 rings (SSSR count). The summed E-state index contributed by atoms with van der Waals surface area (Å²) in [7, 11) is 0. The van der Waals surface area contributed by atoms with Gasteiger partial charge in [-0.15, -0.1) is 0 Å². The number of rotatable bonds is 3. The van der Waals surface area contributed by atoms with Gasteiger partial charge in [0.15, 0.2) is 0 Å². The number of aliphatic hydroxyl groups is 1. The zero-order chi connectivity index (χ0) is 14.9. The highest BCUT2D eigenvalue weighted by atomic mass is 35.5. The van der Waals surface area contributed by atoms with E-state index >= 15 is 0 Å². The lowest BCUT2D eigenvalue weighted by Gasteiger charge is -2.13. The number of pyridine rings is 1. The Hall–Kier alpha value is -1.58. The maximum absolute atomic E-state index is 9.48. The molecule has 1 N–H and O–H groups in total. The highest BCUT2D eigenvalue weighted by Gasteiger charge is 2.12. The first-order chi connectivity index (χ1) is 9.42. The average molecular weight is 292 g/mol. The van der Waals surface area contributed by atoms with Crippen LogP contribution in [-0.4, -0.2) is 10.1 Å². The van der Waals surface area contributed by atoms with Gasteiger partial charge in [0.2, 0.25) is 5.88 Å². The number of benzene rings is 1. The van der Waals surface area contributed by atoms with Gasteiger partial charge >= 0.3 is 0 Å². The minimum Gasteiger partial charge on any atom is -0.439 e. The third kappa shape index (κ3) is 2.94. The largest absolute Gasteiger partial charge is 0.439 e. The molecule has 0 unspecified atom stereocenters. The Morgan fingerprint density at radius 1 is 1.05 bits per heavy atom. The summed E-state index contributed by atoms with van der Waals surface area (Å²) in [5.41, 5.74) is 4.45. The molecule has 1 heterocycles. The maximum Gasteiger partial charge on any atom is 0.225 e. The van der Waals surface area contributed by atoms with Crippen molar-refractivity contribution in [2.45, 2.75) is 34.3 Å². The number of hydrogen-bond acceptors (Lipinski definition) is 3. The van der Waals surface area contributed by atoms with Crippen molar-refractivity contribution < 1.29 is 9.84 Å². The van der Waals surface area contributed by atoms with Crippen molar-refractivity contribution in [3.8, 4) is 11.6 Å². The number of halogens is 1. The molecule has 0 saturated carbocycles. The molecule has 0 bridgehead atoms. The van der Waals surface area contributed by atoms with Crippen molar-refractivity contribution in [3.05, 3.63) is 51.2 Å². The molecule has 0 fully saturated rings. The highest BCUT2D eigenvalue weighted by molar-refractivity contribution is 6.32. The number of aryl methyl sites for hydroxylation is 4. The normalized spacial score (nSPS) is 10.7. The maximum atomic E-state index is 9.48. The van der Waals surface area contributed by atoms with Crippen molar-refractivity contribution >= 4 is 11.6 Å². The minimum absolute atomic E-state index is 0.0972. The Labute approximate surface area is 124 Å². The summed E-state index contributed by atoms with van der Waals surface area (Å²) in [6.07, 6.45) is 0. The van der Waals surface area contributed by atoms with E-state index in [1.807, 2.05) is 45.9 Å². The molecule has 4 heteroatoms. The Morgan fingerprint density at radius 2 is 1.65 bits per heavy atom. The Morgan fingerprint density at radius 3 is 2.20 bits per heavy atom. The minimum atomic E-state index is -0.0972. The van der Waals surface area contributed by atoms with Crippen LogP contribution in [0, 0.1) is 27.7 Å². The van der Waals surface area contributed by atoms with E-state index in [0.29, 0.717) is 17.2 Å². The fourth-order valence-corrected chi connectivity index (χ4v) is 2.29. The van der Waals surface area contributed by atoms with Gasteiger partial charge in [-0.25, -0.2) is 4.98 Å². The van der Waals surface area contributed by atoms with Gasteiger partial charge in [0.1, 0.15) is 5.75 Å². The van der Waals surface area contributed by atoms with Crippen molar-refractivity contribution in [2.75, 3.05) is 0 Å². The second-order valence-electron chi connectivity index (χ2n) is 5.00. The standard InChI is InChI=1S/C16H18ClNO2/c1-9-5-12(4)18-16(14(9)8-19)20-13-6-10(2)15(17)11(3)7-13/h5-7,19H,8H2,1-4H3. The zero-order valence-corrected chi connectivity index (χ0v) is 12.9. The third-order valence-corrected chi connectivity index (χ3v) is 3.82. The van der Waals surface area contributed by atoms with Gasteiger partial charge in [-0.3, -0.25) is 0 Å². The van der Waals surface area contributed by atoms with E-state index in [-0.39, 0.29) is 6.61 Å². The SMILES string of the molecule is Cc1cc(C)c(CO)c(Oc2cc(C)c(Cl)c(C)c2)n1. The number of nitrogens with zero attached hydrogens (tertiary/aromatic N) is 1. The molecule has 2 aromatic rings. The van der Waals surface area contributed by atoms with Crippen LogP contribution in [0.3, 0.4) is 0 Å².